The third-order valence-corrected chi connectivity index (χ3v) is 5.70. The molecule has 2 aromatic rings. The van der Waals surface area contributed by atoms with Crippen LogP contribution in [0.3, 0.4) is 0 Å². The molecule has 1 heterocycles. The molecule has 2 unspecified atom stereocenters. The van der Waals surface area contributed by atoms with Crippen molar-refractivity contribution in [2.24, 2.45) is 17.3 Å². The largest absolute Gasteiger partial charge is 0.464 e. The number of hydrogen-bond donors (Lipinski definition) is 0. The third-order valence-electron chi connectivity index (χ3n) is 5.36. The number of halogens is 4. The van der Waals surface area contributed by atoms with Crippen LogP contribution in [-0.2, 0) is 16.1 Å². The lowest BCUT2D eigenvalue weighted by molar-refractivity contribution is -0.147. The quantitative estimate of drug-likeness (QED) is 0.544. The maximum Gasteiger partial charge on any atom is 0.426 e. The van der Waals surface area contributed by atoms with Crippen LogP contribution >= 0.6 is 11.6 Å². The summed E-state index contributed by atoms with van der Waals surface area (Å²) in [7, 11) is 0. The average Bonchev–Trinajstić information content (AvgIpc) is 2.98. The van der Waals surface area contributed by atoms with Gasteiger partial charge in [-0.25, -0.2) is 0 Å². The topological polar surface area (TPSA) is 39.4 Å². The molecule has 0 aliphatic heterocycles. The number of ether oxygens (including phenoxy) is 1. The zero-order valence-electron chi connectivity index (χ0n) is 15.6. The van der Waals surface area contributed by atoms with Gasteiger partial charge < -0.3 is 9.15 Å². The maximum absolute atomic E-state index is 12.7. The van der Waals surface area contributed by atoms with Gasteiger partial charge in [-0.05, 0) is 41.5 Å². The molecule has 2 atom stereocenters. The van der Waals surface area contributed by atoms with Crippen molar-refractivity contribution in [1.82, 2.24) is 0 Å². The van der Waals surface area contributed by atoms with Gasteiger partial charge in [-0.2, -0.15) is 13.2 Å². The summed E-state index contributed by atoms with van der Waals surface area (Å²) in [6, 6.07) is 9.21. The Morgan fingerprint density at radius 2 is 2.00 bits per heavy atom. The lowest BCUT2D eigenvalue weighted by Crippen LogP contribution is -2.11. The van der Waals surface area contributed by atoms with Gasteiger partial charge in [-0.1, -0.05) is 49.7 Å². The fourth-order valence-corrected chi connectivity index (χ4v) is 3.60. The first-order valence-corrected chi connectivity index (χ1v) is 9.14. The van der Waals surface area contributed by atoms with Crippen molar-refractivity contribution in [1.29, 1.82) is 0 Å². The number of hydrogen-bond acceptors (Lipinski definition) is 3. The van der Waals surface area contributed by atoms with Gasteiger partial charge in [0.15, 0.2) is 0 Å². The summed E-state index contributed by atoms with van der Waals surface area (Å²) in [5, 5.41) is -1.21. The molecule has 7 heteroatoms. The molecule has 1 aliphatic rings. The Morgan fingerprint density at radius 1 is 1.29 bits per heavy atom. The van der Waals surface area contributed by atoms with Crippen molar-refractivity contribution in [2.45, 2.75) is 33.6 Å². The highest BCUT2D eigenvalue weighted by Gasteiger charge is 2.62. The molecule has 0 radical (unpaired) electrons. The van der Waals surface area contributed by atoms with Crippen molar-refractivity contribution in [3.63, 3.8) is 0 Å². The second kappa shape index (κ2) is 7.32. The molecular weight excluding hydrogens is 393 g/mol. The number of esters is 1. The average molecular weight is 413 g/mol. The first-order chi connectivity index (χ1) is 13.0. The first-order valence-electron chi connectivity index (χ1n) is 8.77. The number of carbonyl (C=O) groups is 1. The van der Waals surface area contributed by atoms with Crippen molar-refractivity contribution in [2.75, 3.05) is 0 Å². The molecule has 3 nitrogen and oxygen atoms in total. The molecule has 0 bridgehead atoms. The first kappa shape index (κ1) is 20.5. The van der Waals surface area contributed by atoms with Crippen LogP contribution in [0.1, 0.15) is 25.0 Å². The third kappa shape index (κ3) is 3.97. The molecule has 28 heavy (non-hydrogen) atoms. The van der Waals surface area contributed by atoms with Gasteiger partial charge >= 0.3 is 12.1 Å². The van der Waals surface area contributed by atoms with Gasteiger partial charge in [0, 0.05) is 5.56 Å². The fourth-order valence-electron chi connectivity index (χ4n) is 3.47. The minimum Gasteiger partial charge on any atom is -0.464 e. The zero-order valence-corrected chi connectivity index (χ0v) is 16.4. The number of furan rings is 1. The van der Waals surface area contributed by atoms with Crippen LogP contribution in [0.2, 0.25) is 0 Å². The highest BCUT2D eigenvalue weighted by atomic mass is 35.5. The second-order valence-electron chi connectivity index (χ2n) is 7.51. The van der Waals surface area contributed by atoms with Crippen LogP contribution in [0.4, 0.5) is 13.2 Å². The smallest absolute Gasteiger partial charge is 0.426 e. The predicted octanol–water partition coefficient (Wildman–Crippen LogP) is 6.26. The Bertz CT molecular complexity index is 898. The molecule has 0 saturated heterocycles. The Morgan fingerprint density at radius 3 is 2.61 bits per heavy atom. The molecular formula is C21H20ClF3O3. The van der Waals surface area contributed by atoms with Gasteiger partial charge in [-0.15, -0.1) is 0 Å². The normalized spacial score (nSPS) is 21.5. The number of rotatable bonds is 5. The van der Waals surface area contributed by atoms with Gasteiger partial charge in [0.05, 0.1) is 12.2 Å². The van der Waals surface area contributed by atoms with Gasteiger partial charge in [0.2, 0.25) is 0 Å². The van der Waals surface area contributed by atoms with Crippen LogP contribution in [-0.4, -0.2) is 12.1 Å². The molecule has 1 fully saturated rings. The van der Waals surface area contributed by atoms with Crippen LogP contribution < -0.4 is 0 Å². The number of alkyl halides is 3. The Labute approximate surface area is 166 Å². The van der Waals surface area contributed by atoms with E-state index in [9.17, 15) is 18.0 Å². The maximum atomic E-state index is 12.7. The lowest BCUT2D eigenvalue weighted by atomic mass is 10.0. The van der Waals surface area contributed by atoms with E-state index in [1.54, 1.807) is 26.2 Å². The van der Waals surface area contributed by atoms with Crippen LogP contribution in [0, 0.1) is 24.2 Å². The van der Waals surface area contributed by atoms with E-state index in [0.717, 1.165) is 22.8 Å². The fraction of sp³-hybridized carbons (Fsp3) is 0.381. The lowest BCUT2D eigenvalue weighted by Gasteiger charge is -2.11. The van der Waals surface area contributed by atoms with Gasteiger partial charge in [-0.3, -0.25) is 4.79 Å². The van der Waals surface area contributed by atoms with Crippen molar-refractivity contribution < 1.29 is 27.1 Å². The number of carbonyl (C=O) groups excluding carboxylic acids is 1. The summed E-state index contributed by atoms with van der Waals surface area (Å²) in [6.07, 6.45) is -2.12. The highest BCUT2D eigenvalue weighted by Crippen LogP contribution is 2.60. The molecule has 0 N–H and O–H groups in total. The molecule has 1 saturated carbocycles. The van der Waals surface area contributed by atoms with Crippen molar-refractivity contribution in [3.8, 4) is 11.3 Å². The standard InChI is InChI=1S/C21H20ClF3O3/c1-12-13(6-4-7-14(12)16-8-5-9-27-16)11-28-19(26)18-15(20(18,2)3)10-17(22)21(23,24)25/h4-10,15,18H,11H2,1-3H3/b17-10+. The van der Waals surface area contributed by atoms with E-state index in [2.05, 4.69) is 0 Å². The summed E-state index contributed by atoms with van der Waals surface area (Å²) >= 11 is 5.32. The SMILES string of the molecule is Cc1c(COC(=O)C2C(/C=C(/Cl)C(F)(F)F)C2(C)C)cccc1-c1ccco1. The van der Waals surface area contributed by atoms with Crippen molar-refractivity contribution in [3.05, 3.63) is 58.8 Å². The predicted molar refractivity (Wildman–Crippen MR) is 99.4 cm³/mol. The summed E-state index contributed by atoms with van der Waals surface area (Å²) in [6.45, 7) is 5.39. The molecule has 150 valence electrons. The molecule has 3 rings (SSSR count). The van der Waals surface area contributed by atoms with E-state index in [1.165, 1.54) is 0 Å². The molecule has 1 aromatic carbocycles. The van der Waals surface area contributed by atoms with Crippen LogP contribution in [0.25, 0.3) is 11.3 Å². The van der Waals surface area contributed by atoms with E-state index in [4.69, 9.17) is 20.8 Å². The van der Waals surface area contributed by atoms with Crippen molar-refractivity contribution >= 4 is 17.6 Å². The van der Waals surface area contributed by atoms with Crippen LogP contribution in [0.15, 0.2) is 52.1 Å². The highest BCUT2D eigenvalue weighted by molar-refractivity contribution is 6.30. The second-order valence-corrected chi connectivity index (χ2v) is 7.92. The molecule has 1 aliphatic carbocycles. The Hall–Kier alpha value is -2.21. The summed E-state index contributed by atoms with van der Waals surface area (Å²) in [5.74, 6) is -1.08. The van der Waals surface area contributed by atoms with E-state index in [1.807, 2.05) is 31.2 Å². The summed E-state index contributed by atoms with van der Waals surface area (Å²) in [5.41, 5.74) is 1.98. The van der Waals surface area contributed by atoms with E-state index < -0.39 is 34.4 Å². The molecule has 0 spiro atoms. The van der Waals surface area contributed by atoms with Crippen LogP contribution in [0.5, 0.6) is 0 Å². The summed E-state index contributed by atoms with van der Waals surface area (Å²) in [4.78, 5) is 12.5. The molecule has 1 aromatic heterocycles. The van der Waals surface area contributed by atoms with Gasteiger partial charge in [0.1, 0.15) is 17.4 Å². The minimum atomic E-state index is -4.61. The van der Waals surface area contributed by atoms with E-state index in [0.29, 0.717) is 5.76 Å². The van der Waals surface area contributed by atoms with Gasteiger partial charge in [0.25, 0.3) is 0 Å². The zero-order chi connectivity index (χ0) is 20.7. The number of allylic oxidation sites excluding steroid dienone is 2. The monoisotopic (exact) mass is 412 g/mol. The minimum absolute atomic E-state index is 0.0369. The van der Waals surface area contributed by atoms with E-state index in [-0.39, 0.29) is 6.61 Å². The van der Waals surface area contributed by atoms with E-state index >= 15 is 0 Å². The molecule has 0 amide bonds. The Balaban J connectivity index is 1.69. The number of benzene rings is 1. The Kier molecular flexibility index (Phi) is 5.36. The summed E-state index contributed by atoms with van der Waals surface area (Å²) < 4.78 is 48.8.